The Hall–Kier alpha value is -1.35. The van der Waals surface area contributed by atoms with Gasteiger partial charge in [0.1, 0.15) is 5.82 Å². The Balaban J connectivity index is 2.45. The number of anilines is 1. The molecule has 0 radical (unpaired) electrons. The third kappa shape index (κ3) is 1.88. The second kappa shape index (κ2) is 4.03. The normalized spacial score (nSPS) is 14.9. The Morgan fingerprint density at radius 3 is 3.00 bits per heavy atom. The number of aliphatic hydroxyl groups excluding tert-OH is 1. The molecule has 80 valence electrons. The van der Waals surface area contributed by atoms with Gasteiger partial charge in [-0.05, 0) is 30.2 Å². The summed E-state index contributed by atoms with van der Waals surface area (Å²) in [5, 5.41) is 8.93. The maximum atomic E-state index is 13.1. The summed E-state index contributed by atoms with van der Waals surface area (Å²) in [5.41, 5.74) is 2.96. The van der Waals surface area contributed by atoms with Gasteiger partial charge >= 0.3 is 0 Å². The number of fused-ring (bicyclic) bond motifs is 1. The Bertz CT molecular complexity index is 401. The van der Waals surface area contributed by atoms with Gasteiger partial charge in [-0.3, -0.25) is 0 Å². The van der Waals surface area contributed by atoms with Crippen molar-refractivity contribution < 1.29 is 9.50 Å². The lowest BCUT2D eigenvalue weighted by atomic mass is 9.97. The minimum atomic E-state index is -0.229. The zero-order valence-electron chi connectivity index (χ0n) is 8.70. The van der Waals surface area contributed by atoms with Gasteiger partial charge < -0.3 is 10.0 Å². The lowest BCUT2D eigenvalue weighted by Crippen LogP contribution is -2.22. The minimum Gasteiger partial charge on any atom is -0.396 e. The van der Waals surface area contributed by atoms with Gasteiger partial charge in [0.15, 0.2) is 0 Å². The summed E-state index contributed by atoms with van der Waals surface area (Å²) in [4.78, 5) is 2.07. The van der Waals surface area contributed by atoms with E-state index in [4.69, 9.17) is 5.11 Å². The molecule has 2 nitrogen and oxygen atoms in total. The van der Waals surface area contributed by atoms with E-state index in [1.54, 1.807) is 6.07 Å². The fourth-order valence-corrected chi connectivity index (χ4v) is 1.91. The quantitative estimate of drug-likeness (QED) is 0.802. The van der Waals surface area contributed by atoms with Crippen LogP contribution in [0, 0.1) is 5.82 Å². The number of likely N-dealkylation sites (N-methyl/N-ethyl adjacent to an activating group) is 1. The maximum Gasteiger partial charge on any atom is 0.123 e. The first kappa shape index (κ1) is 10.2. The van der Waals surface area contributed by atoms with Crippen molar-refractivity contribution in [2.24, 2.45) is 0 Å². The van der Waals surface area contributed by atoms with Gasteiger partial charge in [0.2, 0.25) is 0 Å². The van der Waals surface area contributed by atoms with Crippen molar-refractivity contribution in [1.29, 1.82) is 0 Å². The van der Waals surface area contributed by atoms with E-state index in [9.17, 15) is 4.39 Å². The van der Waals surface area contributed by atoms with Crippen molar-refractivity contribution in [2.45, 2.75) is 6.42 Å². The lowest BCUT2D eigenvalue weighted by Gasteiger charge is -2.27. The van der Waals surface area contributed by atoms with Crippen LogP contribution in [0.3, 0.4) is 0 Å². The predicted molar refractivity (Wildman–Crippen MR) is 59.3 cm³/mol. The molecule has 1 heterocycles. The molecule has 1 N–H and O–H groups in total. The molecule has 0 aromatic heterocycles. The van der Waals surface area contributed by atoms with Crippen LogP contribution in [0.25, 0.3) is 5.57 Å². The summed E-state index contributed by atoms with van der Waals surface area (Å²) in [6.45, 7) is 0.916. The second-order valence-corrected chi connectivity index (χ2v) is 3.74. The average molecular weight is 207 g/mol. The molecule has 0 spiro atoms. The molecule has 1 aromatic carbocycles. The number of hydrogen-bond donors (Lipinski definition) is 1. The highest BCUT2D eigenvalue weighted by molar-refractivity contribution is 5.80. The molecule has 1 aromatic rings. The number of aliphatic hydroxyl groups is 1. The number of benzene rings is 1. The summed E-state index contributed by atoms with van der Waals surface area (Å²) in [7, 11) is 1.98. The fraction of sp³-hybridized carbons (Fsp3) is 0.333. The summed E-state index contributed by atoms with van der Waals surface area (Å²) < 4.78 is 13.1. The summed E-state index contributed by atoms with van der Waals surface area (Å²) >= 11 is 0. The van der Waals surface area contributed by atoms with Crippen molar-refractivity contribution in [3.05, 3.63) is 35.7 Å². The first-order chi connectivity index (χ1) is 7.22. The Morgan fingerprint density at radius 2 is 2.27 bits per heavy atom. The predicted octanol–water partition coefficient (Wildman–Crippen LogP) is 2.04. The molecular formula is C12H14FNO. The van der Waals surface area contributed by atoms with Gasteiger partial charge in [0.05, 0.1) is 0 Å². The average Bonchev–Trinajstić information content (AvgIpc) is 2.22. The maximum absolute atomic E-state index is 13.1. The monoisotopic (exact) mass is 207 g/mol. The highest BCUT2D eigenvalue weighted by atomic mass is 19.1. The molecular weight excluding hydrogens is 193 g/mol. The van der Waals surface area contributed by atoms with Crippen molar-refractivity contribution >= 4 is 11.3 Å². The minimum absolute atomic E-state index is 0.103. The Morgan fingerprint density at radius 1 is 1.47 bits per heavy atom. The molecule has 2 rings (SSSR count). The molecule has 3 heteroatoms. The van der Waals surface area contributed by atoms with E-state index in [1.165, 1.54) is 12.1 Å². The third-order valence-corrected chi connectivity index (χ3v) is 2.71. The highest BCUT2D eigenvalue weighted by Crippen LogP contribution is 2.32. The van der Waals surface area contributed by atoms with Crippen molar-refractivity contribution in [1.82, 2.24) is 0 Å². The molecule has 0 fully saturated rings. The molecule has 0 saturated carbocycles. The Kier molecular flexibility index (Phi) is 2.73. The molecule has 0 unspecified atom stereocenters. The summed E-state index contributed by atoms with van der Waals surface area (Å²) in [6, 6.07) is 4.79. The van der Waals surface area contributed by atoms with Crippen LogP contribution in [-0.4, -0.2) is 25.3 Å². The lowest BCUT2D eigenvalue weighted by molar-refractivity contribution is 0.305. The van der Waals surface area contributed by atoms with Crippen molar-refractivity contribution in [2.75, 3.05) is 25.1 Å². The summed E-state index contributed by atoms with van der Waals surface area (Å²) in [6.07, 6.45) is 2.63. The number of hydrogen-bond acceptors (Lipinski definition) is 2. The topological polar surface area (TPSA) is 23.5 Å². The molecule has 0 aliphatic carbocycles. The zero-order valence-corrected chi connectivity index (χ0v) is 8.70. The van der Waals surface area contributed by atoms with E-state index < -0.39 is 0 Å². The van der Waals surface area contributed by atoms with E-state index in [1.807, 2.05) is 13.1 Å². The zero-order chi connectivity index (χ0) is 10.8. The molecule has 0 amide bonds. The van der Waals surface area contributed by atoms with Crippen LogP contribution in [0.4, 0.5) is 10.1 Å². The van der Waals surface area contributed by atoms with Crippen LogP contribution in [0.1, 0.15) is 12.0 Å². The second-order valence-electron chi connectivity index (χ2n) is 3.74. The first-order valence-electron chi connectivity index (χ1n) is 5.03. The van der Waals surface area contributed by atoms with E-state index in [-0.39, 0.29) is 12.4 Å². The van der Waals surface area contributed by atoms with E-state index in [0.29, 0.717) is 6.42 Å². The third-order valence-electron chi connectivity index (χ3n) is 2.71. The van der Waals surface area contributed by atoms with Gasteiger partial charge in [-0.25, -0.2) is 4.39 Å². The van der Waals surface area contributed by atoms with Gasteiger partial charge in [-0.2, -0.15) is 0 Å². The Labute approximate surface area is 88.6 Å². The number of halogens is 1. The van der Waals surface area contributed by atoms with E-state index >= 15 is 0 Å². The van der Waals surface area contributed by atoms with Crippen LogP contribution in [0.15, 0.2) is 24.3 Å². The standard InChI is InChI=1S/C12H14FNO/c1-14-6-4-9(5-7-15)11-8-10(13)2-3-12(11)14/h2-4,8,15H,5-7H2,1H3. The summed E-state index contributed by atoms with van der Waals surface area (Å²) in [5.74, 6) is -0.229. The molecule has 1 aliphatic rings. The van der Waals surface area contributed by atoms with Crippen LogP contribution >= 0.6 is 0 Å². The van der Waals surface area contributed by atoms with Gasteiger partial charge in [0.25, 0.3) is 0 Å². The molecule has 0 atom stereocenters. The van der Waals surface area contributed by atoms with Crippen LogP contribution in [0.5, 0.6) is 0 Å². The first-order valence-corrected chi connectivity index (χ1v) is 5.03. The number of nitrogens with zero attached hydrogens (tertiary/aromatic N) is 1. The van der Waals surface area contributed by atoms with Crippen molar-refractivity contribution in [3.8, 4) is 0 Å². The van der Waals surface area contributed by atoms with Gasteiger partial charge in [-0.15, -0.1) is 0 Å². The van der Waals surface area contributed by atoms with Crippen LogP contribution in [-0.2, 0) is 0 Å². The largest absolute Gasteiger partial charge is 0.396 e. The van der Waals surface area contributed by atoms with Gasteiger partial charge in [-0.1, -0.05) is 6.08 Å². The van der Waals surface area contributed by atoms with E-state index in [2.05, 4.69) is 4.90 Å². The van der Waals surface area contributed by atoms with Gasteiger partial charge in [0, 0.05) is 31.5 Å². The smallest absolute Gasteiger partial charge is 0.123 e. The van der Waals surface area contributed by atoms with Crippen LogP contribution in [0.2, 0.25) is 0 Å². The fourth-order valence-electron chi connectivity index (χ4n) is 1.91. The number of rotatable bonds is 2. The molecule has 0 saturated heterocycles. The van der Waals surface area contributed by atoms with E-state index in [0.717, 1.165) is 23.4 Å². The molecule has 1 aliphatic heterocycles. The van der Waals surface area contributed by atoms with Crippen LogP contribution < -0.4 is 4.90 Å². The molecule has 15 heavy (non-hydrogen) atoms. The SMILES string of the molecule is CN1CC=C(CCO)c2cc(F)ccc21. The molecule has 0 bridgehead atoms. The van der Waals surface area contributed by atoms with Crippen molar-refractivity contribution in [3.63, 3.8) is 0 Å². The highest BCUT2D eigenvalue weighted by Gasteiger charge is 2.16.